The first-order valence-corrected chi connectivity index (χ1v) is 7.29. The van der Waals surface area contributed by atoms with E-state index in [0.29, 0.717) is 12.8 Å². The number of hydrogen-bond donors (Lipinski definition) is 3. The summed E-state index contributed by atoms with van der Waals surface area (Å²) >= 11 is 0. The Morgan fingerprint density at radius 1 is 1.33 bits per heavy atom. The second-order valence-corrected chi connectivity index (χ2v) is 5.92. The van der Waals surface area contributed by atoms with Gasteiger partial charge in [0, 0.05) is 6.04 Å². The van der Waals surface area contributed by atoms with E-state index in [1.54, 1.807) is 19.1 Å². The summed E-state index contributed by atoms with van der Waals surface area (Å²) in [5.74, 6) is -1.18. The van der Waals surface area contributed by atoms with Gasteiger partial charge in [-0.2, -0.15) is 0 Å². The van der Waals surface area contributed by atoms with Gasteiger partial charge in [-0.3, -0.25) is 9.59 Å². The van der Waals surface area contributed by atoms with Crippen LogP contribution in [0.2, 0.25) is 0 Å². The molecule has 1 aliphatic rings. The Morgan fingerprint density at radius 3 is 2.62 bits per heavy atom. The van der Waals surface area contributed by atoms with E-state index < -0.39 is 17.4 Å². The zero-order valence-electron chi connectivity index (χ0n) is 12.2. The number of nitrogens with one attached hydrogen (secondary N) is 1. The first-order valence-electron chi connectivity index (χ1n) is 7.29. The molecule has 0 spiro atoms. The summed E-state index contributed by atoms with van der Waals surface area (Å²) in [4.78, 5) is 23.8. The molecule has 3 atom stereocenters. The van der Waals surface area contributed by atoms with Gasteiger partial charge in [-0.05, 0) is 25.3 Å². The Morgan fingerprint density at radius 2 is 2.00 bits per heavy atom. The molecule has 5 heteroatoms. The summed E-state index contributed by atoms with van der Waals surface area (Å²) in [7, 11) is 0. The molecule has 1 aliphatic carbocycles. The Hall–Kier alpha value is -1.88. The molecule has 114 valence electrons. The first kappa shape index (κ1) is 15.5. The van der Waals surface area contributed by atoms with Crippen LogP contribution < -0.4 is 11.1 Å². The molecule has 0 radical (unpaired) electrons. The van der Waals surface area contributed by atoms with Crippen molar-refractivity contribution >= 4 is 11.9 Å². The molecule has 0 saturated heterocycles. The average molecular weight is 290 g/mol. The van der Waals surface area contributed by atoms with Crippen molar-refractivity contribution in [2.45, 2.75) is 44.7 Å². The molecule has 1 amide bonds. The van der Waals surface area contributed by atoms with Crippen LogP contribution in [0.1, 0.15) is 44.2 Å². The third kappa shape index (κ3) is 3.24. The highest BCUT2D eigenvalue weighted by molar-refractivity contribution is 5.84. The van der Waals surface area contributed by atoms with E-state index in [9.17, 15) is 14.7 Å². The second kappa shape index (κ2) is 6.26. The molecule has 0 aliphatic heterocycles. The standard InChI is InChI=1S/C16H22N2O3/c1-16(15(20)21)10-6-5-9-12(16)18-14(19)13(17)11-7-3-2-4-8-11/h2-4,7-8,12-13H,5-6,9-10,17H2,1H3,(H,18,19)(H,20,21)/t12?,13-,16?/m0/s1. The monoisotopic (exact) mass is 290 g/mol. The van der Waals surface area contributed by atoms with E-state index in [1.165, 1.54) is 0 Å². The lowest BCUT2D eigenvalue weighted by atomic mass is 9.71. The van der Waals surface area contributed by atoms with Gasteiger partial charge in [-0.25, -0.2) is 0 Å². The largest absolute Gasteiger partial charge is 0.481 e. The minimum Gasteiger partial charge on any atom is -0.481 e. The summed E-state index contributed by atoms with van der Waals surface area (Å²) in [5, 5.41) is 12.3. The Kier molecular flexibility index (Phi) is 4.63. The van der Waals surface area contributed by atoms with Gasteiger partial charge in [0.05, 0.1) is 5.41 Å². The molecule has 21 heavy (non-hydrogen) atoms. The minimum absolute atomic E-state index is 0.319. The smallest absolute Gasteiger partial charge is 0.311 e. The molecule has 0 bridgehead atoms. The summed E-state index contributed by atoms with van der Waals surface area (Å²) in [6, 6.07) is 7.95. The van der Waals surface area contributed by atoms with E-state index in [0.717, 1.165) is 18.4 Å². The van der Waals surface area contributed by atoms with E-state index in [4.69, 9.17) is 5.73 Å². The normalized spacial score (nSPS) is 26.9. The summed E-state index contributed by atoms with van der Waals surface area (Å²) in [6.45, 7) is 1.70. The Bertz CT molecular complexity index is 518. The van der Waals surface area contributed by atoms with Crippen LogP contribution in [0.4, 0.5) is 0 Å². The van der Waals surface area contributed by atoms with Gasteiger partial charge in [0.2, 0.25) is 5.91 Å². The molecule has 5 nitrogen and oxygen atoms in total. The maximum Gasteiger partial charge on any atom is 0.311 e. The van der Waals surface area contributed by atoms with Crippen LogP contribution in [0.15, 0.2) is 30.3 Å². The van der Waals surface area contributed by atoms with Crippen molar-refractivity contribution in [2.24, 2.45) is 11.1 Å². The van der Waals surface area contributed by atoms with E-state index in [2.05, 4.69) is 5.32 Å². The first-order chi connectivity index (χ1) is 9.95. The van der Waals surface area contributed by atoms with Crippen molar-refractivity contribution in [3.05, 3.63) is 35.9 Å². The van der Waals surface area contributed by atoms with E-state index in [1.807, 2.05) is 18.2 Å². The Balaban J connectivity index is 2.09. The predicted molar refractivity (Wildman–Crippen MR) is 79.5 cm³/mol. The fourth-order valence-corrected chi connectivity index (χ4v) is 2.89. The number of rotatable bonds is 4. The van der Waals surface area contributed by atoms with Crippen molar-refractivity contribution in [1.29, 1.82) is 0 Å². The third-order valence-electron chi connectivity index (χ3n) is 4.45. The lowest BCUT2D eigenvalue weighted by Gasteiger charge is -2.38. The fraction of sp³-hybridized carbons (Fsp3) is 0.500. The van der Waals surface area contributed by atoms with Crippen molar-refractivity contribution < 1.29 is 14.7 Å². The molecular weight excluding hydrogens is 268 g/mol. The van der Waals surface area contributed by atoms with E-state index >= 15 is 0 Å². The SMILES string of the molecule is CC1(C(=O)O)CCCCC1NC(=O)[C@@H](N)c1ccccc1. The van der Waals surface area contributed by atoms with Crippen molar-refractivity contribution in [1.82, 2.24) is 5.32 Å². The van der Waals surface area contributed by atoms with Gasteiger partial charge in [0.25, 0.3) is 0 Å². The maximum absolute atomic E-state index is 12.3. The molecule has 1 saturated carbocycles. The maximum atomic E-state index is 12.3. The van der Waals surface area contributed by atoms with Gasteiger partial charge in [0.1, 0.15) is 6.04 Å². The van der Waals surface area contributed by atoms with Crippen LogP contribution in [0.25, 0.3) is 0 Å². The van der Waals surface area contributed by atoms with Gasteiger partial charge < -0.3 is 16.2 Å². The number of benzene rings is 1. The van der Waals surface area contributed by atoms with Crippen LogP contribution in [0.5, 0.6) is 0 Å². The molecule has 2 unspecified atom stereocenters. The minimum atomic E-state index is -0.912. The van der Waals surface area contributed by atoms with Gasteiger partial charge in [0.15, 0.2) is 0 Å². The Labute approximate surface area is 124 Å². The van der Waals surface area contributed by atoms with Crippen molar-refractivity contribution in [2.75, 3.05) is 0 Å². The highest BCUT2D eigenvalue weighted by Crippen LogP contribution is 2.36. The van der Waals surface area contributed by atoms with Crippen LogP contribution in [0, 0.1) is 5.41 Å². The zero-order valence-corrected chi connectivity index (χ0v) is 12.2. The molecule has 0 aromatic heterocycles. The zero-order chi connectivity index (χ0) is 15.5. The summed E-state index contributed by atoms with van der Waals surface area (Å²) < 4.78 is 0. The molecular formula is C16H22N2O3. The summed E-state index contributed by atoms with van der Waals surface area (Å²) in [6.07, 6.45) is 3.05. The van der Waals surface area contributed by atoms with Crippen LogP contribution in [0.3, 0.4) is 0 Å². The van der Waals surface area contributed by atoms with Gasteiger partial charge in [-0.15, -0.1) is 0 Å². The van der Waals surface area contributed by atoms with E-state index in [-0.39, 0.29) is 11.9 Å². The molecule has 0 heterocycles. The number of aliphatic carboxylic acids is 1. The molecule has 1 aromatic rings. The molecule has 1 aromatic carbocycles. The number of hydrogen-bond acceptors (Lipinski definition) is 3. The number of carbonyl (C=O) groups excluding carboxylic acids is 1. The average Bonchev–Trinajstić information content (AvgIpc) is 2.49. The lowest BCUT2D eigenvalue weighted by molar-refractivity contribution is -0.152. The van der Waals surface area contributed by atoms with Crippen LogP contribution in [-0.2, 0) is 9.59 Å². The third-order valence-corrected chi connectivity index (χ3v) is 4.45. The van der Waals surface area contributed by atoms with Gasteiger partial charge in [-0.1, -0.05) is 43.2 Å². The second-order valence-electron chi connectivity index (χ2n) is 5.92. The molecule has 1 fully saturated rings. The molecule has 4 N–H and O–H groups in total. The van der Waals surface area contributed by atoms with Crippen molar-refractivity contribution in [3.8, 4) is 0 Å². The van der Waals surface area contributed by atoms with Crippen LogP contribution in [-0.4, -0.2) is 23.0 Å². The number of carboxylic acid groups (broad SMARTS) is 1. The van der Waals surface area contributed by atoms with Gasteiger partial charge >= 0.3 is 5.97 Å². The number of carboxylic acids is 1. The number of carbonyl (C=O) groups is 2. The quantitative estimate of drug-likeness (QED) is 0.789. The predicted octanol–water partition coefficient (Wildman–Crippen LogP) is 1.84. The lowest BCUT2D eigenvalue weighted by Crippen LogP contribution is -2.53. The number of nitrogens with two attached hydrogens (primary N) is 1. The van der Waals surface area contributed by atoms with Crippen LogP contribution >= 0.6 is 0 Å². The highest BCUT2D eigenvalue weighted by atomic mass is 16.4. The molecule has 2 rings (SSSR count). The highest BCUT2D eigenvalue weighted by Gasteiger charge is 2.44. The summed E-state index contributed by atoms with van der Waals surface area (Å²) in [5.41, 5.74) is 5.77. The topological polar surface area (TPSA) is 92.4 Å². The number of amides is 1. The fourth-order valence-electron chi connectivity index (χ4n) is 2.89. The van der Waals surface area contributed by atoms with Crippen molar-refractivity contribution in [3.63, 3.8) is 0 Å².